The molecule has 0 radical (unpaired) electrons. The third-order valence-electron chi connectivity index (χ3n) is 4.83. The van der Waals surface area contributed by atoms with Crippen molar-refractivity contribution < 1.29 is 9.50 Å². The van der Waals surface area contributed by atoms with E-state index in [-0.39, 0.29) is 5.82 Å². The van der Waals surface area contributed by atoms with E-state index in [1.807, 2.05) is 36.4 Å². The molecule has 4 rings (SSSR count). The predicted molar refractivity (Wildman–Crippen MR) is 120 cm³/mol. The second-order valence-electron chi connectivity index (χ2n) is 7.51. The summed E-state index contributed by atoms with van der Waals surface area (Å²) in [6.07, 6.45) is 1.72. The molecule has 0 aliphatic carbocycles. The monoisotopic (exact) mass is 440 g/mol. The van der Waals surface area contributed by atoms with E-state index in [4.69, 9.17) is 23.2 Å². The predicted octanol–water partition coefficient (Wildman–Crippen LogP) is 6.88. The molecule has 4 aromatic rings. The van der Waals surface area contributed by atoms with Crippen molar-refractivity contribution in [2.24, 2.45) is 0 Å². The Morgan fingerprint density at radius 3 is 2.37 bits per heavy atom. The number of imidazole rings is 1. The molecule has 6 heteroatoms. The molecule has 30 heavy (non-hydrogen) atoms. The standard InChI is InChI=1S/C24H19Cl2FN2O/c1-24(2,30)21-14-29(23(28-21)18-9-3-4-12-20(18)27)16-8-5-7-15(13-16)17-10-6-11-19(25)22(17)26/h3-14,30H,1-2H3. The number of aliphatic hydroxyl groups is 1. The van der Waals surface area contributed by atoms with E-state index in [0.717, 1.165) is 16.8 Å². The smallest absolute Gasteiger partial charge is 0.147 e. The van der Waals surface area contributed by atoms with E-state index >= 15 is 0 Å². The van der Waals surface area contributed by atoms with Crippen LogP contribution >= 0.6 is 23.2 Å². The zero-order chi connectivity index (χ0) is 21.5. The third-order valence-corrected chi connectivity index (χ3v) is 5.65. The Kier molecular flexibility index (Phi) is 5.41. The van der Waals surface area contributed by atoms with E-state index in [1.165, 1.54) is 6.07 Å². The largest absolute Gasteiger partial charge is 0.384 e. The molecule has 0 fully saturated rings. The average Bonchev–Trinajstić information content (AvgIpc) is 3.16. The second-order valence-corrected chi connectivity index (χ2v) is 8.30. The summed E-state index contributed by atoms with van der Waals surface area (Å²) in [6, 6.07) is 19.5. The lowest BCUT2D eigenvalue weighted by atomic mass is 10.0. The molecule has 0 saturated carbocycles. The SMILES string of the molecule is CC(C)(O)c1cn(-c2cccc(-c3cccc(Cl)c3Cl)c2)c(-c2ccccc2F)n1. The maximum absolute atomic E-state index is 14.6. The van der Waals surface area contributed by atoms with Gasteiger partial charge in [-0.2, -0.15) is 0 Å². The summed E-state index contributed by atoms with van der Waals surface area (Å²) in [5.41, 5.74) is 2.01. The van der Waals surface area contributed by atoms with Gasteiger partial charge in [-0.1, -0.05) is 59.6 Å². The highest BCUT2D eigenvalue weighted by atomic mass is 35.5. The zero-order valence-electron chi connectivity index (χ0n) is 16.4. The Morgan fingerprint density at radius 2 is 1.63 bits per heavy atom. The lowest BCUT2D eigenvalue weighted by molar-refractivity contribution is 0.0743. The van der Waals surface area contributed by atoms with Gasteiger partial charge in [0.1, 0.15) is 17.2 Å². The summed E-state index contributed by atoms with van der Waals surface area (Å²) in [5, 5.41) is 11.4. The van der Waals surface area contributed by atoms with Crippen molar-refractivity contribution in [2.45, 2.75) is 19.4 Å². The van der Waals surface area contributed by atoms with Crippen LogP contribution in [-0.2, 0) is 5.60 Å². The van der Waals surface area contributed by atoms with E-state index in [1.54, 1.807) is 48.9 Å². The molecule has 0 aliphatic heterocycles. The molecule has 1 heterocycles. The van der Waals surface area contributed by atoms with Crippen LogP contribution in [0.3, 0.4) is 0 Å². The number of halogens is 3. The molecule has 1 N–H and O–H groups in total. The lowest BCUT2D eigenvalue weighted by Gasteiger charge is -2.13. The van der Waals surface area contributed by atoms with E-state index in [2.05, 4.69) is 4.98 Å². The normalized spacial score (nSPS) is 11.7. The van der Waals surface area contributed by atoms with Crippen LogP contribution in [0.2, 0.25) is 10.0 Å². The Balaban J connectivity index is 1.92. The van der Waals surface area contributed by atoms with Crippen LogP contribution in [0.4, 0.5) is 4.39 Å². The maximum atomic E-state index is 14.6. The van der Waals surface area contributed by atoms with Crippen molar-refractivity contribution in [1.29, 1.82) is 0 Å². The second kappa shape index (κ2) is 7.88. The van der Waals surface area contributed by atoms with Gasteiger partial charge in [0.25, 0.3) is 0 Å². The molecule has 0 spiro atoms. The highest BCUT2D eigenvalue weighted by molar-refractivity contribution is 6.43. The lowest BCUT2D eigenvalue weighted by Crippen LogP contribution is -2.15. The number of rotatable bonds is 4. The van der Waals surface area contributed by atoms with Crippen LogP contribution in [-0.4, -0.2) is 14.7 Å². The number of benzene rings is 3. The van der Waals surface area contributed by atoms with Crippen molar-refractivity contribution in [3.8, 4) is 28.2 Å². The van der Waals surface area contributed by atoms with Crippen molar-refractivity contribution in [3.05, 3.63) is 94.5 Å². The van der Waals surface area contributed by atoms with Gasteiger partial charge >= 0.3 is 0 Å². The Bertz CT molecular complexity index is 1230. The summed E-state index contributed by atoms with van der Waals surface area (Å²) in [6.45, 7) is 3.29. The summed E-state index contributed by atoms with van der Waals surface area (Å²) in [5.74, 6) is 0.0141. The first-order valence-electron chi connectivity index (χ1n) is 9.37. The summed E-state index contributed by atoms with van der Waals surface area (Å²) < 4.78 is 16.3. The molecule has 0 atom stereocenters. The molecule has 152 valence electrons. The van der Waals surface area contributed by atoms with Crippen LogP contribution < -0.4 is 0 Å². The fourth-order valence-corrected chi connectivity index (χ4v) is 3.66. The van der Waals surface area contributed by atoms with Gasteiger partial charge in [-0.05, 0) is 49.7 Å². The van der Waals surface area contributed by atoms with Gasteiger partial charge in [0.2, 0.25) is 0 Å². The average molecular weight is 441 g/mol. The quantitative estimate of drug-likeness (QED) is 0.375. The fourth-order valence-electron chi connectivity index (χ4n) is 3.25. The molecule has 0 saturated heterocycles. The first-order chi connectivity index (χ1) is 14.3. The van der Waals surface area contributed by atoms with Crippen LogP contribution in [0.5, 0.6) is 0 Å². The number of aromatic nitrogens is 2. The molecule has 3 nitrogen and oxygen atoms in total. The molecule has 3 aromatic carbocycles. The van der Waals surface area contributed by atoms with Crippen molar-refractivity contribution in [3.63, 3.8) is 0 Å². The highest BCUT2D eigenvalue weighted by Crippen LogP contribution is 2.35. The zero-order valence-corrected chi connectivity index (χ0v) is 17.9. The topological polar surface area (TPSA) is 38.0 Å². The molecule has 0 bridgehead atoms. The van der Waals surface area contributed by atoms with Crippen molar-refractivity contribution >= 4 is 23.2 Å². The van der Waals surface area contributed by atoms with Gasteiger partial charge in [0, 0.05) is 17.4 Å². The minimum absolute atomic E-state index is 0.346. The van der Waals surface area contributed by atoms with E-state index in [9.17, 15) is 9.50 Å². The van der Waals surface area contributed by atoms with Crippen LogP contribution in [0.15, 0.2) is 72.9 Å². The molecule has 1 aromatic heterocycles. The van der Waals surface area contributed by atoms with Crippen LogP contribution in [0.25, 0.3) is 28.2 Å². The molecular weight excluding hydrogens is 422 g/mol. The first-order valence-corrected chi connectivity index (χ1v) is 10.1. The number of hydrogen-bond donors (Lipinski definition) is 1. The van der Waals surface area contributed by atoms with Crippen molar-refractivity contribution in [1.82, 2.24) is 9.55 Å². The Labute approximate surface area is 184 Å². The molecule has 0 aliphatic rings. The van der Waals surface area contributed by atoms with Crippen molar-refractivity contribution in [2.75, 3.05) is 0 Å². The Hall–Kier alpha value is -2.66. The summed E-state index contributed by atoms with van der Waals surface area (Å²) in [4.78, 5) is 4.55. The fraction of sp³-hybridized carbons (Fsp3) is 0.125. The maximum Gasteiger partial charge on any atom is 0.147 e. The van der Waals surface area contributed by atoms with Gasteiger partial charge in [-0.15, -0.1) is 0 Å². The van der Waals surface area contributed by atoms with Gasteiger partial charge < -0.3 is 5.11 Å². The minimum Gasteiger partial charge on any atom is -0.384 e. The van der Waals surface area contributed by atoms with Gasteiger partial charge in [0.05, 0.1) is 21.3 Å². The Morgan fingerprint density at radius 1 is 0.933 bits per heavy atom. The van der Waals surface area contributed by atoms with Gasteiger partial charge in [-0.25, -0.2) is 9.37 Å². The summed E-state index contributed by atoms with van der Waals surface area (Å²) >= 11 is 12.6. The van der Waals surface area contributed by atoms with E-state index in [0.29, 0.717) is 27.1 Å². The van der Waals surface area contributed by atoms with Gasteiger partial charge in [0.15, 0.2) is 0 Å². The van der Waals surface area contributed by atoms with Crippen LogP contribution in [0, 0.1) is 5.82 Å². The molecule has 0 unspecified atom stereocenters. The first kappa shape index (κ1) is 20.6. The number of hydrogen-bond acceptors (Lipinski definition) is 2. The highest BCUT2D eigenvalue weighted by Gasteiger charge is 2.24. The molecular formula is C24H19Cl2FN2O. The third kappa shape index (κ3) is 3.86. The van der Waals surface area contributed by atoms with Gasteiger partial charge in [-0.3, -0.25) is 4.57 Å². The summed E-state index contributed by atoms with van der Waals surface area (Å²) in [7, 11) is 0. The van der Waals surface area contributed by atoms with E-state index < -0.39 is 5.60 Å². The number of nitrogens with zero attached hydrogens (tertiary/aromatic N) is 2. The van der Waals surface area contributed by atoms with Crippen LogP contribution in [0.1, 0.15) is 19.5 Å². The molecule has 0 amide bonds. The minimum atomic E-state index is -1.18.